The Morgan fingerprint density at radius 2 is 2.58 bits per heavy atom. The maximum Gasteiger partial charge on any atom is 0.340 e. The molecule has 0 saturated carbocycles. The van der Waals surface area contributed by atoms with E-state index in [1.807, 2.05) is 0 Å². The molecule has 0 aromatic rings. The standard InChI is InChI=1S/C7H11N3O2/c8-6(11)4-5-2-1-3-9-7(12)10-5/h3,5H,1-2,4H2,(H2,8,11)(H,10,12). The van der Waals surface area contributed by atoms with Gasteiger partial charge in [0.25, 0.3) is 0 Å². The quantitative estimate of drug-likeness (QED) is 0.600. The van der Waals surface area contributed by atoms with Gasteiger partial charge in [0.15, 0.2) is 0 Å². The lowest BCUT2D eigenvalue weighted by atomic mass is 10.1. The van der Waals surface area contributed by atoms with Crippen LogP contribution in [0.2, 0.25) is 0 Å². The molecule has 3 N–H and O–H groups in total. The van der Waals surface area contributed by atoms with Crippen molar-refractivity contribution in [2.75, 3.05) is 0 Å². The lowest BCUT2D eigenvalue weighted by molar-refractivity contribution is -0.118. The first-order valence-electron chi connectivity index (χ1n) is 3.80. The van der Waals surface area contributed by atoms with Crippen molar-refractivity contribution >= 4 is 18.2 Å². The van der Waals surface area contributed by atoms with Gasteiger partial charge in [-0.25, -0.2) is 9.79 Å². The summed E-state index contributed by atoms with van der Waals surface area (Å²) in [6, 6.07) is -0.545. The van der Waals surface area contributed by atoms with E-state index in [2.05, 4.69) is 10.3 Å². The van der Waals surface area contributed by atoms with Gasteiger partial charge in [0.1, 0.15) is 0 Å². The Kier molecular flexibility index (Phi) is 2.79. The van der Waals surface area contributed by atoms with Crippen molar-refractivity contribution in [3.05, 3.63) is 0 Å². The number of urea groups is 1. The smallest absolute Gasteiger partial charge is 0.340 e. The first kappa shape index (κ1) is 8.70. The fraction of sp³-hybridized carbons (Fsp3) is 0.571. The second-order valence-corrected chi connectivity index (χ2v) is 2.71. The Bertz CT molecular complexity index is 225. The normalized spacial score (nSPS) is 23.0. The summed E-state index contributed by atoms with van der Waals surface area (Å²) in [5.74, 6) is -0.401. The summed E-state index contributed by atoms with van der Waals surface area (Å²) in [4.78, 5) is 24.9. The average molecular weight is 169 g/mol. The molecule has 66 valence electrons. The Morgan fingerprint density at radius 1 is 1.83 bits per heavy atom. The van der Waals surface area contributed by atoms with Crippen LogP contribution in [-0.2, 0) is 4.79 Å². The topological polar surface area (TPSA) is 84.6 Å². The fourth-order valence-corrected chi connectivity index (χ4v) is 1.10. The van der Waals surface area contributed by atoms with E-state index in [-0.39, 0.29) is 12.5 Å². The molecule has 1 atom stereocenters. The number of primary amides is 1. The molecule has 1 aliphatic rings. The maximum atomic E-state index is 10.8. The number of hydrogen-bond acceptors (Lipinski definition) is 2. The van der Waals surface area contributed by atoms with Crippen molar-refractivity contribution in [2.24, 2.45) is 10.7 Å². The van der Waals surface area contributed by atoms with Crippen molar-refractivity contribution in [1.29, 1.82) is 0 Å². The van der Waals surface area contributed by atoms with Crippen molar-refractivity contribution in [2.45, 2.75) is 25.3 Å². The summed E-state index contributed by atoms with van der Waals surface area (Å²) in [5.41, 5.74) is 4.99. The van der Waals surface area contributed by atoms with Gasteiger partial charge < -0.3 is 11.1 Å². The van der Waals surface area contributed by atoms with E-state index in [1.54, 1.807) is 6.21 Å². The van der Waals surface area contributed by atoms with Gasteiger partial charge in [-0.3, -0.25) is 4.79 Å². The number of nitrogens with zero attached hydrogens (tertiary/aromatic N) is 1. The van der Waals surface area contributed by atoms with Gasteiger partial charge in [0, 0.05) is 18.7 Å². The van der Waals surface area contributed by atoms with Crippen LogP contribution in [0, 0.1) is 0 Å². The molecule has 0 fully saturated rings. The summed E-state index contributed by atoms with van der Waals surface area (Å²) < 4.78 is 0. The molecular weight excluding hydrogens is 158 g/mol. The number of rotatable bonds is 2. The summed E-state index contributed by atoms with van der Waals surface area (Å²) in [7, 11) is 0. The van der Waals surface area contributed by atoms with Crippen LogP contribution < -0.4 is 11.1 Å². The van der Waals surface area contributed by atoms with E-state index in [0.29, 0.717) is 6.42 Å². The predicted molar refractivity (Wildman–Crippen MR) is 43.9 cm³/mol. The zero-order valence-electron chi connectivity index (χ0n) is 6.62. The lowest BCUT2D eigenvalue weighted by Gasteiger charge is -2.11. The Morgan fingerprint density at radius 3 is 3.25 bits per heavy atom. The molecule has 0 aliphatic carbocycles. The predicted octanol–water partition coefficient (Wildman–Crippen LogP) is -0.195. The number of amides is 3. The minimum Gasteiger partial charge on any atom is -0.370 e. The van der Waals surface area contributed by atoms with Crippen LogP contribution in [0.1, 0.15) is 19.3 Å². The number of carbonyl (C=O) groups is 2. The Labute approximate surface area is 70.0 Å². The van der Waals surface area contributed by atoms with Crippen LogP contribution in [0.25, 0.3) is 0 Å². The van der Waals surface area contributed by atoms with Gasteiger partial charge in [-0.2, -0.15) is 0 Å². The van der Waals surface area contributed by atoms with E-state index in [9.17, 15) is 9.59 Å². The molecule has 12 heavy (non-hydrogen) atoms. The minimum atomic E-state index is -0.401. The number of nitrogens with one attached hydrogen (secondary N) is 1. The number of aliphatic imine (C=N–C) groups is 1. The highest BCUT2D eigenvalue weighted by Gasteiger charge is 2.15. The molecule has 3 amide bonds. The van der Waals surface area contributed by atoms with Crippen molar-refractivity contribution in [1.82, 2.24) is 5.32 Å². The number of nitrogens with two attached hydrogens (primary N) is 1. The summed E-state index contributed by atoms with van der Waals surface area (Å²) >= 11 is 0. The molecule has 1 rings (SSSR count). The van der Waals surface area contributed by atoms with Crippen molar-refractivity contribution < 1.29 is 9.59 Å². The van der Waals surface area contributed by atoms with Gasteiger partial charge in [-0.15, -0.1) is 0 Å². The third-order valence-corrected chi connectivity index (χ3v) is 1.63. The van der Waals surface area contributed by atoms with Crippen molar-refractivity contribution in [3.8, 4) is 0 Å². The van der Waals surface area contributed by atoms with Gasteiger partial charge in [-0.1, -0.05) is 0 Å². The first-order chi connectivity index (χ1) is 5.68. The molecule has 1 aliphatic heterocycles. The summed E-state index contributed by atoms with van der Waals surface area (Å²) in [6.45, 7) is 0. The van der Waals surface area contributed by atoms with E-state index in [1.165, 1.54) is 0 Å². The fourth-order valence-electron chi connectivity index (χ4n) is 1.10. The Hall–Kier alpha value is -1.39. The van der Waals surface area contributed by atoms with Crippen LogP contribution in [-0.4, -0.2) is 24.2 Å². The van der Waals surface area contributed by atoms with Crippen LogP contribution in [0.3, 0.4) is 0 Å². The molecule has 1 unspecified atom stereocenters. The van der Waals surface area contributed by atoms with Gasteiger partial charge >= 0.3 is 6.03 Å². The van der Waals surface area contributed by atoms with Crippen LogP contribution in [0.5, 0.6) is 0 Å². The lowest BCUT2D eigenvalue weighted by Crippen LogP contribution is -2.35. The third kappa shape index (κ3) is 2.69. The number of hydrogen-bond donors (Lipinski definition) is 2. The van der Waals surface area contributed by atoms with E-state index in [4.69, 9.17) is 5.73 Å². The Balaban J connectivity index is 2.46. The van der Waals surface area contributed by atoms with Gasteiger partial charge in [0.2, 0.25) is 5.91 Å². The monoisotopic (exact) mass is 169 g/mol. The van der Waals surface area contributed by atoms with Crippen LogP contribution in [0.4, 0.5) is 4.79 Å². The molecule has 0 aromatic carbocycles. The molecule has 1 heterocycles. The first-order valence-corrected chi connectivity index (χ1v) is 3.80. The van der Waals surface area contributed by atoms with Crippen LogP contribution in [0.15, 0.2) is 4.99 Å². The molecular formula is C7H11N3O2. The zero-order valence-corrected chi connectivity index (χ0v) is 6.62. The van der Waals surface area contributed by atoms with Crippen LogP contribution >= 0.6 is 0 Å². The molecule has 5 heteroatoms. The largest absolute Gasteiger partial charge is 0.370 e. The average Bonchev–Trinajstić information content (AvgIpc) is 2.12. The molecule has 0 bridgehead atoms. The van der Waals surface area contributed by atoms with Crippen molar-refractivity contribution in [3.63, 3.8) is 0 Å². The third-order valence-electron chi connectivity index (χ3n) is 1.63. The van der Waals surface area contributed by atoms with Gasteiger partial charge in [-0.05, 0) is 12.8 Å². The highest BCUT2D eigenvalue weighted by molar-refractivity contribution is 5.85. The summed E-state index contributed by atoms with van der Waals surface area (Å²) in [6.07, 6.45) is 3.17. The molecule has 0 aromatic heterocycles. The van der Waals surface area contributed by atoms with E-state index >= 15 is 0 Å². The minimum absolute atomic E-state index is 0.155. The highest BCUT2D eigenvalue weighted by Crippen LogP contribution is 2.03. The van der Waals surface area contributed by atoms with E-state index in [0.717, 1.165) is 6.42 Å². The second kappa shape index (κ2) is 3.85. The zero-order chi connectivity index (χ0) is 8.97. The number of carbonyl (C=O) groups excluding carboxylic acids is 2. The van der Waals surface area contributed by atoms with Gasteiger partial charge in [0.05, 0.1) is 0 Å². The molecule has 0 saturated heterocycles. The molecule has 0 spiro atoms. The summed E-state index contributed by atoms with van der Waals surface area (Å²) in [5, 5.41) is 2.57. The maximum absolute atomic E-state index is 10.8. The SMILES string of the molecule is NC(=O)CC1CCC=NC(=O)N1. The van der Waals surface area contributed by atoms with E-state index < -0.39 is 11.9 Å². The highest BCUT2D eigenvalue weighted by atomic mass is 16.2. The molecule has 5 nitrogen and oxygen atoms in total. The molecule has 0 radical (unpaired) electrons. The second-order valence-electron chi connectivity index (χ2n) is 2.71.